The summed E-state index contributed by atoms with van der Waals surface area (Å²) < 4.78 is 0. The predicted molar refractivity (Wildman–Crippen MR) is 86.3 cm³/mol. The first-order valence-corrected chi connectivity index (χ1v) is 7.66. The Morgan fingerprint density at radius 3 is 2.75 bits per heavy atom. The summed E-state index contributed by atoms with van der Waals surface area (Å²) in [4.78, 5) is 7.19. The summed E-state index contributed by atoms with van der Waals surface area (Å²) in [5.74, 6) is 0. The molecule has 20 heavy (non-hydrogen) atoms. The third-order valence-corrected chi connectivity index (χ3v) is 4.73. The molecule has 1 aromatic carbocycles. The van der Waals surface area contributed by atoms with Crippen LogP contribution in [0.4, 0.5) is 0 Å². The average Bonchev–Trinajstić information content (AvgIpc) is 2.91. The van der Waals surface area contributed by atoms with Crippen LogP contribution in [0, 0.1) is 6.92 Å². The number of para-hydroxylation sites is 1. The average molecular weight is 282 g/mol. The van der Waals surface area contributed by atoms with Crippen LogP contribution in [0.2, 0.25) is 0 Å². The maximum absolute atomic E-state index is 4.43. The molecule has 2 nitrogen and oxygen atoms in total. The lowest BCUT2D eigenvalue weighted by atomic mass is 10.0. The van der Waals surface area contributed by atoms with Gasteiger partial charge in [0, 0.05) is 27.4 Å². The molecule has 0 spiro atoms. The van der Waals surface area contributed by atoms with Gasteiger partial charge in [-0.05, 0) is 50.2 Å². The van der Waals surface area contributed by atoms with Gasteiger partial charge >= 0.3 is 0 Å². The third-order valence-electron chi connectivity index (χ3n) is 3.62. The highest BCUT2D eigenvalue weighted by Gasteiger charge is 2.13. The summed E-state index contributed by atoms with van der Waals surface area (Å²) in [7, 11) is 2.03. The number of aromatic nitrogens is 1. The van der Waals surface area contributed by atoms with Gasteiger partial charge in [-0.2, -0.15) is 0 Å². The third kappa shape index (κ3) is 2.60. The van der Waals surface area contributed by atoms with Crippen LogP contribution in [-0.2, 0) is 6.42 Å². The number of pyridine rings is 1. The molecule has 0 aliphatic rings. The quantitative estimate of drug-likeness (QED) is 0.779. The van der Waals surface area contributed by atoms with Crippen LogP contribution >= 0.6 is 11.3 Å². The molecule has 3 rings (SSSR count). The van der Waals surface area contributed by atoms with Crippen molar-refractivity contribution in [3.8, 4) is 0 Å². The molecule has 1 atom stereocenters. The SMILES string of the molecule is CNC(Cc1ccnc2ccccc12)c1ccc(C)s1. The van der Waals surface area contributed by atoms with Crippen LogP contribution in [-0.4, -0.2) is 12.0 Å². The summed E-state index contributed by atoms with van der Waals surface area (Å²) >= 11 is 1.87. The van der Waals surface area contributed by atoms with Crippen LogP contribution in [0.15, 0.2) is 48.7 Å². The molecule has 0 saturated carbocycles. The topological polar surface area (TPSA) is 24.9 Å². The molecule has 102 valence electrons. The minimum absolute atomic E-state index is 0.361. The molecule has 0 aliphatic heterocycles. The Morgan fingerprint density at radius 1 is 1.15 bits per heavy atom. The first-order chi connectivity index (χ1) is 9.78. The fourth-order valence-electron chi connectivity index (χ4n) is 2.54. The highest BCUT2D eigenvalue weighted by Crippen LogP contribution is 2.27. The molecule has 3 heteroatoms. The molecule has 3 aromatic rings. The Hall–Kier alpha value is -1.71. The van der Waals surface area contributed by atoms with Crippen molar-refractivity contribution >= 4 is 22.2 Å². The van der Waals surface area contributed by atoms with E-state index in [4.69, 9.17) is 0 Å². The van der Waals surface area contributed by atoms with E-state index in [-0.39, 0.29) is 0 Å². The van der Waals surface area contributed by atoms with Crippen LogP contribution in [0.5, 0.6) is 0 Å². The first-order valence-electron chi connectivity index (χ1n) is 6.84. The van der Waals surface area contributed by atoms with Crippen molar-refractivity contribution in [2.75, 3.05) is 7.05 Å². The number of nitrogens with zero attached hydrogens (tertiary/aromatic N) is 1. The highest BCUT2D eigenvalue weighted by molar-refractivity contribution is 7.12. The van der Waals surface area contributed by atoms with E-state index in [1.54, 1.807) is 0 Å². The van der Waals surface area contributed by atoms with E-state index in [0.717, 1.165) is 11.9 Å². The molecule has 0 aliphatic carbocycles. The van der Waals surface area contributed by atoms with E-state index in [9.17, 15) is 0 Å². The molecular formula is C17H18N2S. The molecule has 0 bridgehead atoms. The lowest BCUT2D eigenvalue weighted by Gasteiger charge is -2.16. The molecular weight excluding hydrogens is 264 g/mol. The zero-order valence-electron chi connectivity index (χ0n) is 11.8. The Kier molecular flexibility index (Phi) is 3.81. The predicted octanol–water partition coefficient (Wildman–Crippen LogP) is 4.11. The van der Waals surface area contributed by atoms with Gasteiger partial charge in [-0.15, -0.1) is 11.3 Å². The van der Waals surface area contributed by atoms with Gasteiger partial charge in [0.05, 0.1) is 5.52 Å². The Balaban J connectivity index is 1.95. The van der Waals surface area contributed by atoms with Gasteiger partial charge in [0.1, 0.15) is 0 Å². The van der Waals surface area contributed by atoms with Crippen molar-refractivity contribution in [2.45, 2.75) is 19.4 Å². The number of nitrogens with one attached hydrogen (secondary N) is 1. The summed E-state index contributed by atoms with van der Waals surface area (Å²) in [6.45, 7) is 2.16. The summed E-state index contributed by atoms with van der Waals surface area (Å²) in [6, 6.07) is 15.3. The van der Waals surface area contributed by atoms with Crippen LogP contribution in [0.1, 0.15) is 21.4 Å². The van der Waals surface area contributed by atoms with Crippen molar-refractivity contribution in [1.29, 1.82) is 0 Å². The molecule has 1 unspecified atom stereocenters. The number of hydrogen-bond donors (Lipinski definition) is 1. The maximum atomic E-state index is 4.43. The minimum Gasteiger partial charge on any atom is -0.312 e. The number of hydrogen-bond acceptors (Lipinski definition) is 3. The van der Waals surface area contributed by atoms with Gasteiger partial charge < -0.3 is 5.32 Å². The van der Waals surface area contributed by atoms with Gasteiger partial charge in [0.25, 0.3) is 0 Å². The Morgan fingerprint density at radius 2 is 2.00 bits per heavy atom. The zero-order chi connectivity index (χ0) is 13.9. The Labute approximate surface area is 123 Å². The van der Waals surface area contributed by atoms with Crippen molar-refractivity contribution in [3.05, 3.63) is 64.0 Å². The second-order valence-electron chi connectivity index (χ2n) is 4.98. The fourth-order valence-corrected chi connectivity index (χ4v) is 3.53. The number of fused-ring (bicyclic) bond motifs is 1. The molecule has 0 amide bonds. The van der Waals surface area contributed by atoms with E-state index in [0.29, 0.717) is 6.04 Å². The monoisotopic (exact) mass is 282 g/mol. The summed E-state index contributed by atoms with van der Waals surface area (Å²) in [6.07, 6.45) is 2.89. The smallest absolute Gasteiger partial charge is 0.0704 e. The van der Waals surface area contributed by atoms with E-state index >= 15 is 0 Å². The van der Waals surface area contributed by atoms with E-state index in [1.165, 1.54) is 20.7 Å². The summed E-state index contributed by atoms with van der Waals surface area (Å²) in [5.41, 5.74) is 2.42. The number of thiophene rings is 1. The van der Waals surface area contributed by atoms with E-state index in [1.807, 2.05) is 30.6 Å². The largest absolute Gasteiger partial charge is 0.312 e. The lowest BCUT2D eigenvalue weighted by molar-refractivity contribution is 0.604. The molecule has 0 fully saturated rings. The molecule has 2 aromatic heterocycles. The van der Waals surface area contributed by atoms with Gasteiger partial charge in [0.2, 0.25) is 0 Å². The van der Waals surface area contributed by atoms with Crippen LogP contribution < -0.4 is 5.32 Å². The number of rotatable bonds is 4. The molecule has 2 heterocycles. The molecule has 1 N–H and O–H groups in total. The Bertz CT molecular complexity index is 712. The number of likely N-dealkylation sites (N-methyl/N-ethyl adjacent to an activating group) is 1. The minimum atomic E-state index is 0.361. The van der Waals surface area contributed by atoms with Crippen molar-refractivity contribution in [2.24, 2.45) is 0 Å². The van der Waals surface area contributed by atoms with E-state index in [2.05, 4.69) is 53.6 Å². The number of aryl methyl sites for hydroxylation is 1. The fraction of sp³-hybridized carbons (Fsp3) is 0.235. The zero-order valence-corrected chi connectivity index (χ0v) is 12.6. The lowest BCUT2D eigenvalue weighted by Crippen LogP contribution is -2.17. The van der Waals surface area contributed by atoms with Crippen molar-refractivity contribution < 1.29 is 0 Å². The molecule has 0 radical (unpaired) electrons. The molecule has 0 saturated heterocycles. The van der Waals surface area contributed by atoms with E-state index < -0.39 is 0 Å². The standard InChI is InChI=1S/C17H18N2S/c1-12-7-8-17(20-12)16(18-2)11-13-9-10-19-15-6-4-3-5-14(13)15/h3-10,16,18H,11H2,1-2H3. The first kappa shape index (κ1) is 13.3. The van der Waals surface area contributed by atoms with Crippen LogP contribution in [0.3, 0.4) is 0 Å². The summed E-state index contributed by atoms with van der Waals surface area (Å²) in [5, 5.41) is 4.69. The van der Waals surface area contributed by atoms with Gasteiger partial charge in [-0.3, -0.25) is 4.98 Å². The van der Waals surface area contributed by atoms with Gasteiger partial charge in [0.15, 0.2) is 0 Å². The highest BCUT2D eigenvalue weighted by atomic mass is 32.1. The van der Waals surface area contributed by atoms with Gasteiger partial charge in [-0.25, -0.2) is 0 Å². The van der Waals surface area contributed by atoms with Gasteiger partial charge in [-0.1, -0.05) is 18.2 Å². The second kappa shape index (κ2) is 5.73. The van der Waals surface area contributed by atoms with Crippen LogP contribution in [0.25, 0.3) is 10.9 Å². The normalized spacial score (nSPS) is 12.7. The number of benzene rings is 1. The van der Waals surface area contributed by atoms with Crippen molar-refractivity contribution in [3.63, 3.8) is 0 Å². The second-order valence-corrected chi connectivity index (χ2v) is 6.30. The van der Waals surface area contributed by atoms with Crippen molar-refractivity contribution in [1.82, 2.24) is 10.3 Å². The maximum Gasteiger partial charge on any atom is 0.0704 e.